The monoisotopic (exact) mass is 258 g/mol. The summed E-state index contributed by atoms with van der Waals surface area (Å²) in [5.41, 5.74) is 0. The van der Waals surface area contributed by atoms with Crippen molar-refractivity contribution in [2.75, 3.05) is 13.2 Å². The first kappa shape index (κ1) is 14.8. The molecule has 1 atom stereocenters. The number of hydrogen-bond donors (Lipinski definition) is 3. The van der Waals surface area contributed by atoms with E-state index in [0.29, 0.717) is 6.54 Å². The minimum Gasteiger partial charge on any atom is -0.481 e. The number of carbonyl (C=O) groups is 2. The van der Waals surface area contributed by atoms with Crippen LogP contribution in [-0.4, -0.2) is 52.3 Å². The zero-order chi connectivity index (χ0) is 13.7. The zero-order valence-electron chi connectivity index (χ0n) is 10.9. The van der Waals surface area contributed by atoms with E-state index in [0.717, 1.165) is 12.8 Å². The fraction of sp³-hybridized carbons (Fsp3) is 0.833. The fourth-order valence-corrected chi connectivity index (χ4v) is 1.83. The number of nitrogens with one attached hydrogen (secondary N) is 1. The number of aliphatic hydroxyl groups excluding tert-OH is 1. The number of carboxylic acid groups (broad SMARTS) is 1. The first-order chi connectivity index (χ1) is 8.45. The van der Waals surface area contributed by atoms with Crippen LogP contribution in [0.4, 0.5) is 4.79 Å². The molecule has 1 rings (SSSR count). The van der Waals surface area contributed by atoms with E-state index in [1.807, 2.05) is 13.8 Å². The summed E-state index contributed by atoms with van der Waals surface area (Å²) in [6.07, 6.45) is 1.83. The van der Waals surface area contributed by atoms with Crippen molar-refractivity contribution >= 4 is 12.0 Å². The van der Waals surface area contributed by atoms with Gasteiger partial charge in [-0.3, -0.25) is 4.79 Å². The van der Waals surface area contributed by atoms with E-state index in [4.69, 9.17) is 10.2 Å². The summed E-state index contributed by atoms with van der Waals surface area (Å²) in [6.45, 7) is 3.98. The van der Waals surface area contributed by atoms with Gasteiger partial charge in [-0.2, -0.15) is 0 Å². The van der Waals surface area contributed by atoms with Crippen LogP contribution in [0.15, 0.2) is 0 Å². The Hall–Kier alpha value is -1.30. The molecular weight excluding hydrogens is 236 g/mol. The van der Waals surface area contributed by atoms with Gasteiger partial charge in [0.15, 0.2) is 0 Å². The molecule has 1 aliphatic carbocycles. The van der Waals surface area contributed by atoms with Gasteiger partial charge in [0.05, 0.1) is 13.0 Å². The molecular formula is C12H22N2O4. The van der Waals surface area contributed by atoms with Crippen LogP contribution < -0.4 is 5.32 Å². The van der Waals surface area contributed by atoms with E-state index >= 15 is 0 Å². The second kappa shape index (κ2) is 6.58. The topological polar surface area (TPSA) is 89.9 Å². The molecule has 1 fully saturated rings. The van der Waals surface area contributed by atoms with Gasteiger partial charge < -0.3 is 20.4 Å². The number of nitrogens with zero attached hydrogens (tertiary/aromatic N) is 1. The minimum absolute atomic E-state index is 0.0558. The number of amides is 2. The Kier molecular flexibility index (Phi) is 5.40. The third kappa shape index (κ3) is 4.52. The largest absolute Gasteiger partial charge is 0.481 e. The highest BCUT2D eigenvalue weighted by Gasteiger charge is 2.33. The smallest absolute Gasteiger partial charge is 0.317 e. The maximum Gasteiger partial charge on any atom is 0.317 e. The molecule has 1 saturated carbocycles. The van der Waals surface area contributed by atoms with Gasteiger partial charge >= 0.3 is 12.0 Å². The van der Waals surface area contributed by atoms with Gasteiger partial charge in [0.25, 0.3) is 0 Å². The average Bonchev–Trinajstić information content (AvgIpc) is 3.07. The highest BCUT2D eigenvalue weighted by Crippen LogP contribution is 2.26. The van der Waals surface area contributed by atoms with Crippen LogP contribution >= 0.6 is 0 Å². The summed E-state index contributed by atoms with van der Waals surface area (Å²) in [7, 11) is 0. The predicted molar refractivity (Wildman–Crippen MR) is 66.2 cm³/mol. The normalized spacial score (nSPS) is 16.4. The Bertz CT molecular complexity index is 302. The number of hydrogen-bond acceptors (Lipinski definition) is 3. The lowest BCUT2D eigenvalue weighted by molar-refractivity contribution is -0.137. The van der Waals surface area contributed by atoms with Crippen molar-refractivity contribution in [3.8, 4) is 0 Å². The van der Waals surface area contributed by atoms with Crippen molar-refractivity contribution in [2.45, 2.75) is 45.2 Å². The molecule has 104 valence electrons. The molecule has 0 aromatic heterocycles. The molecule has 0 radical (unpaired) electrons. The second-order valence-electron chi connectivity index (χ2n) is 5.05. The second-order valence-corrected chi connectivity index (χ2v) is 5.05. The van der Waals surface area contributed by atoms with E-state index in [2.05, 4.69) is 5.32 Å². The number of carbonyl (C=O) groups excluding carboxylic acids is 1. The minimum atomic E-state index is -0.922. The maximum absolute atomic E-state index is 12.0. The predicted octanol–water partition coefficient (Wildman–Crippen LogP) is 0.652. The van der Waals surface area contributed by atoms with Gasteiger partial charge in [-0.15, -0.1) is 0 Å². The summed E-state index contributed by atoms with van der Waals surface area (Å²) in [4.78, 5) is 24.3. The maximum atomic E-state index is 12.0. The molecule has 0 heterocycles. The third-order valence-electron chi connectivity index (χ3n) is 3.10. The van der Waals surface area contributed by atoms with Crippen LogP contribution in [0.2, 0.25) is 0 Å². The van der Waals surface area contributed by atoms with Crippen LogP contribution in [0.3, 0.4) is 0 Å². The Morgan fingerprint density at radius 1 is 1.39 bits per heavy atom. The third-order valence-corrected chi connectivity index (χ3v) is 3.10. The summed E-state index contributed by atoms with van der Waals surface area (Å²) in [5, 5.41) is 20.5. The lowest BCUT2D eigenvalue weighted by Gasteiger charge is -2.27. The molecule has 3 N–H and O–H groups in total. The van der Waals surface area contributed by atoms with Crippen LogP contribution in [0.1, 0.15) is 33.1 Å². The van der Waals surface area contributed by atoms with Gasteiger partial charge in [-0.1, -0.05) is 13.8 Å². The zero-order valence-corrected chi connectivity index (χ0v) is 10.9. The van der Waals surface area contributed by atoms with E-state index in [-0.39, 0.29) is 37.1 Å². The highest BCUT2D eigenvalue weighted by molar-refractivity contribution is 5.76. The van der Waals surface area contributed by atoms with E-state index in [1.165, 1.54) is 0 Å². The van der Waals surface area contributed by atoms with Gasteiger partial charge in [0, 0.05) is 18.6 Å². The number of aliphatic hydroxyl groups is 1. The van der Waals surface area contributed by atoms with E-state index in [1.54, 1.807) is 4.90 Å². The molecule has 6 heteroatoms. The molecule has 1 aliphatic rings. The van der Waals surface area contributed by atoms with Gasteiger partial charge in [0.2, 0.25) is 0 Å². The number of aliphatic carboxylic acids is 1. The molecule has 0 saturated heterocycles. The number of carboxylic acids is 1. The SMILES string of the molecule is CC(C)C(CC(=O)O)NC(=O)N(CCO)C1CC1. The molecule has 6 nitrogen and oxygen atoms in total. The van der Waals surface area contributed by atoms with E-state index in [9.17, 15) is 9.59 Å². The fourth-order valence-electron chi connectivity index (χ4n) is 1.83. The van der Waals surface area contributed by atoms with Crippen LogP contribution in [-0.2, 0) is 4.79 Å². The molecule has 0 aromatic carbocycles. The molecule has 18 heavy (non-hydrogen) atoms. The van der Waals surface area contributed by atoms with Crippen molar-refractivity contribution in [3.05, 3.63) is 0 Å². The van der Waals surface area contributed by atoms with Gasteiger partial charge in [-0.25, -0.2) is 4.79 Å². The number of rotatable bonds is 7. The van der Waals surface area contributed by atoms with Crippen molar-refractivity contribution in [1.29, 1.82) is 0 Å². The van der Waals surface area contributed by atoms with Crippen LogP contribution in [0.5, 0.6) is 0 Å². The summed E-state index contributed by atoms with van der Waals surface area (Å²) in [6, 6.07) is -0.448. The molecule has 0 aromatic rings. The summed E-state index contributed by atoms with van der Waals surface area (Å²) < 4.78 is 0. The van der Waals surface area contributed by atoms with E-state index < -0.39 is 5.97 Å². The van der Waals surface area contributed by atoms with Crippen molar-refractivity contribution in [2.24, 2.45) is 5.92 Å². The molecule has 0 spiro atoms. The molecule has 2 amide bonds. The molecule has 0 bridgehead atoms. The Morgan fingerprint density at radius 3 is 2.39 bits per heavy atom. The van der Waals surface area contributed by atoms with Crippen molar-refractivity contribution in [3.63, 3.8) is 0 Å². The lowest BCUT2D eigenvalue weighted by Crippen LogP contribution is -2.49. The van der Waals surface area contributed by atoms with Crippen molar-refractivity contribution < 1.29 is 19.8 Å². The quantitative estimate of drug-likeness (QED) is 0.625. The van der Waals surface area contributed by atoms with Gasteiger partial charge in [0.1, 0.15) is 0 Å². The van der Waals surface area contributed by atoms with Crippen LogP contribution in [0.25, 0.3) is 0 Å². The highest BCUT2D eigenvalue weighted by atomic mass is 16.4. The average molecular weight is 258 g/mol. The lowest BCUT2D eigenvalue weighted by atomic mass is 10.0. The Labute approximate surface area is 107 Å². The molecule has 1 unspecified atom stereocenters. The van der Waals surface area contributed by atoms with Gasteiger partial charge in [-0.05, 0) is 18.8 Å². The first-order valence-electron chi connectivity index (χ1n) is 6.35. The molecule has 0 aliphatic heterocycles. The number of urea groups is 1. The summed E-state index contributed by atoms with van der Waals surface area (Å²) in [5.74, 6) is -0.866. The Balaban J connectivity index is 2.55. The standard InChI is InChI=1S/C12H22N2O4/c1-8(2)10(7-11(16)17)13-12(18)14(5-6-15)9-3-4-9/h8-10,15H,3-7H2,1-2H3,(H,13,18)(H,16,17). The van der Waals surface area contributed by atoms with Crippen molar-refractivity contribution in [1.82, 2.24) is 10.2 Å². The Morgan fingerprint density at radius 2 is 2.00 bits per heavy atom. The van der Waals surface area contributed by atoms with Crippen LogP contribution in [0, 0.1) is 5.92 Å². The first-order valence-corrected chi connectivity index (χ1v) is 6.35. The summed E-state index contributed by atoms with van der Waals surface area (Å²) >= 11 is 0.